The summed E-state index contributed by atoms with van der Waals surface area (Å²) < 4.78 is 0. The molecule has 0 radical (unpaired) electrons. The fraction of sp³-hybridized carbons (Fsp3) is 0.889. The Morgan fingerprint density at radius 2 is 1.92 bits per heavy atom. The van der Waals surface area contributed by atoms with Crippen LogP contribution in [0.4, 0.5) is 0 Å². The first-order valence-corrected chi connectivity index (χ1v) is 4.88. The molecule has 13 heavy (non-hydrogen) atoms. The summed E-state index contributed by atoms with van der Waals surface area (Å²) in [7, 11) is 0. The van der Waals surface area contributed by atoms with Crippen molar-refractivity contribution in [2.24, 2.45) is 5.73 Å². The van der Waals surface area contributed by atoms with Crippen LogP contribution in [0, 0.1) is 0 Å². The van der Waals surface area contributed by atoms with Gasteiger partial charge in [0.1, 0.15) is 0 Å². The maximum Gasteiger partial charge on any atom is 0.242 e. The van der Waals surface area contributed by atoms with Crippen molar-refractivity contribution in [3.63, 3.8) is 0 Å². The number of nitrogens with zero attached hydrogens (tertiary/aromatic N) is 1. The molecule has 1 saturated carbocycles. The van der Waals surface area contributed by atoms with Crippen molar-refractivity contribution >= 4 is 5.91 Å². The summed E-state index contributed by atoms with van der Waals surface area (Å²) in [6.45, 7) is 1.33. The van der Waals surface area contributed by atoms with Gasteiger partial charge in [-0.2, -0.15) is 0 Å². The van der Waals surface area contributed by atoms with Gasteiger partial charge in [-0.1, -0.05) is 0 Å². The second kappa shape index (κ2) is 2.96. The Balaban J connectivity index is 1.91. The predicted molar refractivity (Wildman–Crippen MR) is 48.0 cm³/mol. The van der Waals surface area contributed by atoms with Gasteiger partial charge in [0.15, 0.2) is 0 Å². The molecule has 2 aliphatic rings. The van der Waals surface area contributed by atoms with Crippen molar-refractivity contribution in [3.8, 4) is 0 Å². The van der Waals surface area contributed by atoms with E-state index in [2.05, 4.69) is 0 Å². The lowest BCUT2D eigenvalue weighted by atomic mass is 10.1. The predicted octanol–water partition coefficient (Wildman–Crippen LogP) is -0.539. The van der Waals surface area contributed by atoms with Crippen LogP contribution in [0.1, 0.15) is 25.7 Å². The average Bonchev–Trinajstić information content (AvgIpc) is 2.85. The topological polar surface area (TPSA) is 66.6 Å². The number of nitrogens with two attached hydrogens (primary N) is 1. The molecular weight excluding hydrogens is 168 g/mol. The fourth-order valence-corrected chi connectivity index (χ4v) is 1.73. The summed E-state index contributed by atoms with van der Waals surface area (Å²) in [5.74, 6) is 0.0828. The average molecular weight is 184 g/mol. The number of likely N-dealkylation sites (tertiary alicyclic amines) is 1. The Bertz CT molecular complexity index is 218. The number of hydrogen-bond donors (Lipinski definition) is 2. The van der Waals surface area contributed by atoms with Crippen LogP contribution in [-0.2, 0) is 4.79 Å². The number of aliphatic hydroxyl groups excluding tert-OH is 1. The lowest BCUT2D eigenvalue weighted by Crippen LogP contribution is -2.49. The van der Waals surface area contributed by atoms with Crippen molar-refractivity contribution in [3.05, 3.63) is 0 Å². The molecule has 0 unspecified atom stereocenters. The van der Waals surface area contributed by atoms with Crippen molar-refractivity contribution in [2.45, 2.75) is 37.3 Å². The number of rotatable bonds is 1. The number of hydrogen-bond acceptors (Lipinski definition) is 3. The quantitative estimate of drug-likeness (QED) is 0.575. The van der Waals surface area contributed by atoms with Gasteiger partial charge in [-0.05, 0) is 25.7 Å². The van der Waals surface area contributed by atoms with E-state index in [0.29, 0.717) is 25.9 Å². The van der Waals surface area contributed by atoms with E-state index in [1.54, 1.807) is 4.90 Å². The zero-order valence-corrected chi connectivity index (χ0v) is 7.70. The Kier molecular flexibility index (Phi) is 2.04. The molecule has 1 heterocycles. The Morgan fingerprint density at radius 3 is 2.38 bits per heavy atom. The van der Waals surface area contributed by atoms with E-state index in [1.165, 1.54) is 0 Å². The maximum absolute atomic E-state index is 11.7. The summed E-state index contributed by atoms with van der Waals surface area (Å²) in [5.41, 5.74) is 5.26. The van der Waals surface area contributed by atoms with Crippen LogP contribution in [0.15, 0.2) is 0 Å². The van der Waals surface area contributed by atoms with E-state index in [0.717, 1.165) is 12.8 Å². The molecule has 1 aliphatic heterocycles. The van der Waals surface area contributed by atoms with Gasteiger partial charge in [-0.15, -0.1) is 0 Å². The number of aliphatic hydroxyl groups is 1. The molecule has 0 spiro atoms. The minimum Gasteiger partial charge on any atom is -0.393 e. The van der Waals surface area contributed by atoms with Crippen LogP contribution < -0.4 is 5.73 Å². The zero-order valence-electron chi connectivity index (χ0n) is 7.70. The van der Waals surface area contributed by atoms with Crippen molar-refractivity contribution in [1.82, 2.24) is 4.90 Å². The van der Waals surface area contributed by atoms with Crippen LogP contribution in [-0.4, -0.2) is 40.6 Å². The van der Waals surface area contributed by atoms with Crippen LogP contribution in [0.3, 0.4) is 0 Å². The van der Waals surface area contributed by atoms with Gasteiger partial charge in [-0.25, -0.2) is 0 Å². The summed E-state index contributed by atoms with van der Waals surface area (Å²) in [6.07, 6.45) is 2.82. The van der Waals surface area contributed by atoms with Gasteiger partial charge < -0.3 is 15.7 Å². The Labute approximate surface area is 77.7 Å². The maximum atomic E-state index is 11.7. The van der Waals surface area contributed by atoms with Crippen LogP contribution in [0.5, 0.6) is 0 Å². The molecule has 2 rings (SSSR count). The third kappa shape index (κ3) is 1.69. The van der Waals surface area contributed by atoms with E-state index >= 15 is 0 Å². The van der Waals surface area contributed by atoms with Crippen LogP contribution in [0.25, 0.3) is 0 Å². The molecule has 4 heteroatoms. The molecule has 74 valence electrons. The Morgan fingerprint density at radius 1 is 1.38 bits per heavy atom. The smallest absolute Gasteiger partial charge is 0.242 e. The third-order valence-electron chi connectivity index (χ3n) is 2.97. The number of carbonyl (C=O) groups is 1. The van der Waals surface area contributed by atoms with Gasteiger partial charge in [0.2, 0.25) is 5.91 Å². The van der Waals surface area contributed by atoms with Crippen molar-refractivity contribution in [2.75, 3.05) is 13.1 Å². The second-order valence-electron chi connectivity index (χ2n) is 4.18. The van der Waals surface area contributed by atoms with Gasteiger partial charge >= 0.3 is 0 Å². The van der Waals surface area contributed by atoms with Gasteiger partial charge in [0.25, 0.3) is 0 Å². The van der Waals surface area contributed by atoms with Gasteiger partial charge in [-0.3, -0.25) is 4.79 Å². The standard InChI is InChI=1S/C9H16N2O2/c10-9(3-4-9)8(13)11-5-1-7(12)2-6-11/h7,12H,1-6,10H2. The molecule has 0 aromatic rings. The molecule has 3 N–H and O–H groups in total. The summed E-state index contributed by atoms with van der Waals surface area (Å²) in [4.78, 5) is 13.5. The highest BCUT2D eigenvalue weighted by Crippen LogP contribution is 2.34. The monoisotopic (exact) mass is 184 g/mol. The summed E-state index contributed by atoms with van der Waals surface area (Å²) in [5, 5.41) is 9.26. The minimum absolute atomic E-state index is 0.0828. The van der Waals surface area contributed by atoms with Crippen LogP contribution in [0.2, 0.25) is 0 Å². The molecule has 0 aromatic carbocycles. The molecule has 1 aliphatic carbocycles. The lowest BCUT2D eigenvalue weighted by molar-refractivity contribution is -0.135. The highest BCUT2D eigenvalue weighted by molar-refractivity contribution is 5.89. The Hall–Kier alpha value is -0.610. The SMILES string of the molecule is NC1(C(=O)N2CCC(O)CC2)CC1. The van der Waals surface area contributed by atoms with Crippen molar-refractivity contribution in [1.29, 1.82) is 0 Å². The minimum atomic E-state index is -0.539. The first kappa shape index (κ1) is 8.97. The zero-order chi connectivity index (χ0) is 9.47. The van der Waals surface area contributed by atoms with E-state index in [-0.39, 0.29) is 12.0 Å². The van der Waals surface area contributed by atoms with E-state index in [9.17, 15) is 9.90 Å². The molecule has 0 atom stereocenters. The normalized spacial score (nSPS) is 27.4. The molecule has 1 amide bonds. The lowest BCUT2D eigenvalue weighted by Gasteiger charge is -2.31. The van der Waals surface area contributed by atoms with Crippen molar-refractivity contribution < 1.29 is 9.90 Å². The second-order valence-corrected chi connectivity index (χ2v) is 4.18. The van der Waals surface area contributed by atoms with Gasteiger partial charge in [0.05, 0.1) is 11.6 Å². The molecule has 1 saturated heterocycles. The fourth-order valence-electron chi connectivity index (χ4n) is 1.73. The highest BCUT2D eigenvalue weighted by Gasteiger charge is 2.48. The first-order chi connectivity index (χ1) is 6.12. The van der Waals surface area contributed by atoms with Crippen LogP contribution >= 0.6 is 0 Å². The molecular formula is C9H16N2O2. The molecule has 0 aromatic heterocycles. The highest BCUT2D eigenvalue weighted by atomic mass is 16.3. The van der Waals surface area contributed by atoms with E-state index in [1.807, 2.05) is 0 Å². The first-order valence-electron chi connectivity index (χ1n) is 4.88. The largest absolute Gasteiger partial charge is 0.393 e. The number of amides is 1. The van der Waals surface area contributed by atoms with Gasteiger partial charge in [0, 0.05) is 13.1 Å². The number of piperidine rings is 1. The summed E-state index contributed by atoms with van der Waals surface area (Å²) >= 11 is 0. The molecule has 2 fully saturated rings. The molecule has 4 nitrogen and oxygen atoms in total. The summed E-state index contributed by atoms with van der Waals surface area (Å²) in [6, 6.07) is 0. The van der Waals surface area contributed by atoms with E-state index < -0.39 is 5.54 Å². The molecule has 0 bridgehead atoms. The van der Waals surface area contributed by atoms with E-state index in [4.69, 9.17) is 5.73 Å². The third-order valence-corrected chi connectivity index (χ3v) is 2.97. The number of carbonyl (C=O) groups excluding carboxylic acids is 1.